The molecule has 0 N–H and O–H groups in total. The molecule has 0 aliphatic heterocycles. The second-order valence-corrected chi connectivity index (χ2v) is 5.69. The van der Waals surface area contributed by atoms with E-state index in [0.717, 1.165) is 5.56 Å². The Morgan fingerprint density at radius 1 is 1.09 bits per heavy atom. The molecule has 0 atom stereocenters. The zero-order valence-corrected chi connectivity index (χ0v) is 12.8. The third-order valence-electron chi connectivity index (χ3n) is 3.76. The van der Waals surface area contributed by atoms with Crippen LogP contribution in [0.3, 0.4) is 0 Å². The van der Waals surface area contributed by atoms with Crippen LogP contribution in [0.5, 0.6) is 0 Å². The Morgan fingerprint density at radius 2 is 1.87 bits per heavy atom. The van der Waals surface area contributed by atoms with Crippen molar-refractivity contribution in [2.75, 3.05) is 0 Å². The van der Waals surface area contributed by atoms with Crippen molar-refractivity contribution < 1.29 is 9.34 Å². The average molecular weight is 309 g/mol. The Labute approximate surface area is 132 Å². The molecule has 0 saturated carbocycles. The number of nitro benzene ring substituents is 1. The lowest BCUT2D eigenvalue weighted by molar-refractivity contribution is -0.384. The summed E-state index contributed by atoms with van der Waals surface area (Å²) in [6, 6.07) is 13.0. The highest BCUT2D eigenvalue weighted by atomic mass is 16.6. The first kappa shape index (κ1) is 15.0. The molecule has 0 radical (unpaired) electrons. The molecule has 0 bridgehead atoms. The number of non-ortho nitro benzene ring substituents is 1. The molecule has 116 valence electrons. The van der Waals surface area contributed by atoms with Crippen LogP contribution in [-0.2, 0) is 0 Å². The fourth-order valence-corrected chi connectivity index (χ4v) is 2.45. The topological polar surface area (TPSA) is 73.3 Å². The molecule has 3 aromatic rings. The molecule has 1 heterocycles. The number of fused-ring (bicyclic) bond motifs is 1. The predicted octanol–water partition coefficient (Wildman–Crippen LogP) is 4.49. The van der Waals surface area contributed by atoms with Crippen molar-refractivity contribution in [3.05, 3.63) is 74.4 Å². The fraction of sp³-hybridized carbons (Fsp3) is 0.167. The van der Waals surface area contributed by atoms with Gasteiger partial charge in [-0.2, -0.15) is 0 Å². The molecule has 2 aromatic carbocycles. The number of benzene rings is 2. The van der Waals surface area contributed by atoms with Gasteiger partial charge in [-0.05, 0) is 23.6 Å². The fourth-order valence-electron chi connectivity index (χ4n) is 2.45. The monoisotopic (exact) mass is 309 g/mol. The molecule has 5 nitrogen and oxygen atoms in total. The number of nitro groups is 1. The third-order valence-corrected chi connectivity index (χ3v) is 3.76. The van der Waals surface area contributed by atoms with E-state index >= 15 is 0 Å². The van der Waals surface area contributed by atoms with Crippen molar-refractivity contribution in [2.45, 2.75) is 19.8 Å². The minimum absolute atomic E-state index is 0.0413. The van der Waals surface area contributed by atoms with Crippen LogP contribution in [0.15, 0.2) is 57.7 Å². The lowest BCUT2D eigenvalue weighted by Crippen LogP contribution is -2.01. The van der Waals surface area contributed by atoms with Gasteiger partial charge in [-0.1, -0.05) is 32.0 Å². The van der Waals surface area contributed by atoms with E-state index in [-0.39, 0.29) is 11.1 Å². The van der Waals surface area contributed by atoms with Crippen LogP contribution in [0.1, 0.15) is 25.3 Å². The van der Waals surface area contributed by atoms with Crippen LogP contribution in [0.2, 0.25) is 0 Å². The molecule has 23 heavy (non-hydrogen) atoms. The van der Waals surface area contributed by atoms with Gasteiger partial charge in [0.25, 0.3) is 5.69 Å². The first-order chi connectivity index (χ1) is 11.0. The Balaban J connectivity index is 2.17. The number of hydrogen-bond donors (Lipinski definition) is 0. The summed E-state index contributed by atoms with van der Waals surface area (Å²) in [5.74, 6) is 0.638. The van der Waals surface area contributed by atoms with Crippen LogP contribution in [0, 0.1) is 10.1 Å². The normalized spacial score (nSPS) is 11.1. The first-order valence-electron chi connectivity index (χ1n) is 7.28. The van der Waals surface area contributed by atoms with Crippen molar-refractivity contribution in [1.29, 1.82) is 0 Å². The number of hydrogen-bond acceptors (Lipinski definition) is 4. The molecule has 0 aliphatic rings. The summed E-state index contributed by atoms with van der Waals surface area (Å²) in [6.07, 6.45) is 0. The number of nitrogens with zero attached hydrogens (tertiary/aromatic N) is 1. The van der Waals surface area contributed by atoms with Crippen LogP contribution in [0.25, 0.3) is 22.3 Å². The second kappa shape index (κ2) is 5.68. The van der Waals surface area contributed by atoms with Crippen molar-refractivity contribution in [3.8, 4) is 11.3 Å². The summed E-state index contributed by atoms with van der Waals surface area (Å²) in [7, 11) is 0. The van der Waals surface area contributed by atoms with Gasteiger partial charge in [0.2, 0.25) is 0 Å². The standard InChI is InChI=1S/C18H15NO4/c1-11(2)12-6-7-17-15(9-12)16(20)10-18(23-17)13-4-3-5-14(8-13)19(21)22/h3-11H,1-2H3. The highest BCUT2D eigenvalue weighted by molar-refractivity contribution is 5.79. The molecule has 3 rings (SSSR count). The molecule has 0 aliphatic carbocycles. The Kier molecular flexibility index (Phi) is 3.70. The summed E-state index contributed by atoms with van der Waals surface area (Å²) in [5, 5.41) is 11.4. The summed E-state index contributed by atoms with van der Waals surface area (Å²) >= 11 is 0. The van der Waals surface area contributed by atoms with Gasteiger partial charge in [0.15, 0.2) is 5.43 Å². The molecule has 0 spiro atoms. The Bertz CT molecular complexity index is 957. The van der Waals surface area contributed by atoms with Gasteiger partial charge in [0.1, 0.15) is 11.3 Å². The van der Waals surface area contributed by atoms with Crippen molar-refractivity contribution in [2.24, 2.45) is 0 Å². The van der Waals surface area contributed by atoms with E-state index in [1.54, 1.807) is 18.2 Å². The van der Waals surface area contributed by atoms with Gasteiger partial charge in [0.05, 0.1) is 10.3 Å². The van der Waals surface area contributed by atoms with E-state index in [1.807, 2.05) is 12.1 Å². The summed E-state index contributed by atoms with van der Waals surface area (Å²) in [6.45, 7) is 4.11. The lowest BCUT2D eigenvalue weighted by atomic mass is 10.0. The second-order valence-electron chi connectivity index (χ2n) is 5.69. The minimum atomic E-state index is -0.475. The quantitative estimate of drug-likeness (QED) is 0.527. The summed E-state index contributed by atoms with van der Waals surface area (Å²) in [5.41, 5.74) is 1.85. The summed E-state index contributed by atoms with van der Waals surface area (Å²) < 4.78 is 5.78. The molecular weight excluding hydrogens is 294 g/mol. The average Bonchev–Trinajstić information content (AvgIpc) is 2.54. The maximum atomic E-state index is 12.4. The van der Waals surface area contributed by atoms with Gasteiger partial charge in [-0.15, -0.1) is 0 Å². The predicted molar refractivity (Wildman–Crippen MR) is 88.7 cm³/mol. The SMILES string of the molecule is CC(C)c1ccc2oc(-c3cccc([N+](=O)[O-])c3)cc(=O)c2c1. The molecule has 0 saturated heterocycles. The largest absolute Gasteiger partial charge is 0.456 e. The van der Waals surface area contributed by atoms with Crippen LogP contribution in [-0.4, -0.2) is 4.92 Å². The molecule has 5 heteroatoms. The molecule has 0 fully saturated rings. The van der Waals surface area contributed by atoms with Gasteiger partial charge in [0, 0.05) is 23.8 Å². The van der Waals surface area contributed by atoms with Gasteiger partial charge >= 0.3 is 0 Å². The van der Waals surface area contributed by atoms with E-state index in [2.05, 4.69) is 13.8 Å². The van der Waals surface area contributed by atoms with Gasteiger partial charge in [-0.25, -0.2) is 0 Å². The van der Waals surface area contributed by atoms with Gasteiger partial charge < -0.3 is 4.42 Å². The smallest absolute Gasteiger partial charge is 0.270 e. The van der Waals surface area contributed by atoms with Crippen molar-refractivity contribution >= 4 is 16.7 Å². The van der Waals surface area contributed by atoms with Crippen molar-refractivity contribution in [3.63, 3.8) is 0 Å². The van der Waals surface area contributed by atoms with Crippen LogP contribution < -0.4 is 5.43 Å². The van der Waals surface area contributed by atoms with E-state index in [4.69, 9.17) is 4.42 Å². The highest BCUT2D eigenvalue weighted by Gasteiger charge is 2.12. The van der Waals surface area contributed by atoms with E-state index < -0.39 is 4.92 Å². The van der Waals surface area contributed by atoms with Crippen molar-refractivity contribution in [1.82, 2.24) is 0 Å². The van der Waals surface area contributed by atoms with Crippen LogP contribution in [0.4, 0.5) is 5.69 Å². The van der Waals surface area contributed by atoms with E-state index in [0.29, 0.717) is 28.2 Å². The molecule has 1 aromatic heterocycles. The minimum Gasteiger partial charge on any atom is -0.456 e. The Hall–Kier alpha value is -2.95. The summed E-state index contributed by atoms with van der Waals surface area (Å²) in [4.78, 5) is 22.8. The highest BCUT2D eigenvalue weighted by Crippen LogP contribution is 2.26. The number of rotatable bonds is 3. The van der Waals surface area contributed by atoms with Crippen LogP contribution >= 0.6 is 0 Å². The molecule has 0 amide bonds. The zero-order valence-electron chi connectivity index (χ0n) is 12.8. The Morgan fingerprint density at radius 3 is 2.57 bits per heavy atom. The maximum Gasteiger partial charge on any atom is 0.270 e. The molecular formula is C18H15NO4. The van der Waals surface area contributed by atoms with Gasteiger partial charge in [-0.3, -0.25) is 14.9 Å². The maximum absolute atomic E-state index is 12.4. The molecule has 0 unspecified atom stereocenters. The first-order valence-corrected chi connectivity index (χ1v) is 7.28. The zero-order chi connectivity index (χ0) is 16.6. The third kappa shape index (κ3) is 2.85. The lowest BCUT2D eigenvalue weighted by Gasteiger charge is -2.07. The van der Waals surface area contributed by atoms with E-state index in [9.17, 15) is 14.9 Å². The van der Waals surface area contributed by atoms with E-state index in [1.165, 1.54) is 18.2 Å².